The predicted molar refractivity (Wildman–Crippen MR) is 207 cm³/mol. The van der Waals surface area contributed by atoms with Gasteiger partial charge in [0.05, 0.1) is 63.4 Å². The van der Waals surface area contributed by atoms with Gasteiger partial charge in [0, 0.05) is 64.2 Å². The van der Waals surface area contributed by atoms with Gasteiger partial charge in [-0.1, -0.05) is 6.92 Å². The molecule has 2 aliphatic rings. The van der Waals surface area contributed by atoms with Crippen molar-refractivity contribution in [2.24, 2.45) is 5.73 Å². The third-order valence-electron chi connectivity index (χ3n) is 9.14. The number of nitrogens with zero attached hydrogens (tertiary/aromatic N) is 8. The van der Waals surface area contributed by atoms with E-state index in [-0.39, 0.29) is 29.6 Å². The molecular weight excluding hydrogens is 812 g/mol. The van der Waals surface area contributed by atoms with Crippen molar-refractivity contribution in [3.8, 4) is 22.8 Å². The molecule has 2 atom stereocenters. The van der Waals surface area contributed by atoms with E-state index >= 15 is 0 Å². The van der Waals surface area contributed by atoms with Crippen LogP contribution in [0.5, 0.6) is 0 Å². The second-order valence-corrected chi connectivity index (χ2v) is 18.8. The summed E-state index contributed by atoms with van der Waals surface area (Å²) < 4.78 is 104. The Hall–Kier alpha value is -4.63. The molecule has 57 heavy (non-hydrogen) atoms. The van der Waals surface area contributed by atoms with Crippen molar-refractivity contribution in [2.75, 3.05) is 11.5 Å². The fourth-order valence-corrected chi connectivity index (χ4v) is 6.68. The van der Waals surface area contributed by atoms with Gasteiger partial charge in [0.15, 0.2) is 23.3 Å². The van der Waals surface area contributed by atoms with Crippen LogP contribution in [-0.2, 0) is 19.1 Å². The van der Waals surface area contributed by atoms with Crippen LogP contribution >= 0.6 is 10.7 Å². The topological polar surface area (TPSA) is 194 Å². The van der Waals surface area contributed by atoms with Crippen molar-refractivity contribution >= 4 is 51.8 Å². The zero-order valence-corrected chi connectivity index (χ0v) is 33.6. The molecule has 2 saturated carbocycles. The van der Waals surface area contributed by atoms with Crippen LogP contribution in [0.4, 0.5) is 17.6 Å². The number of sulfonamides is 1. The number of nitrogens with two attached hydrogens (primary N) is 1. The molecule has 0 saturated heterocycles. The molecule has 4 aromatic heterocycles. The van der Waals surface area contributed by atoms with E-state index in [1.807, 2.05) is 22.1 Å². The summed E-state index contributed by atoms with van der Waals surface area (Å²) in [6, 6.07) is 7.70. The largest absolute Gasteiger partial charge is 0.323 e. The monoisotopic (exact) mass is 850 g/mol. The number of hydrogen-bond acceptors (Lipinski definition) is 11. The maximum absolute atomic E-state index is 13.8. The Balaban J connectivity index is 0.000000171. The highest BCUT2D eigenvalue weighted by molar-refractivity contribution is 8.13. The van der Waals surface area contributed by atoms with E-state index in [9.17, 15) is 34.4 Å². The summed E-state index contributed by atoms with van der Waals surface area (Å²) in [5.41, 5.74) is 10.2. The molecule has 0 bridgehead atoms. The minimum Gasteiger partial charge on any atom is -0.323 e. The Bertz CT molecular complexity index is 2670. The van der Waals surface area contributed by atoms with Gasteiger partial charge < -0.3 is 14.9 Å². The first-order chi connectivity index (χ1) is 26.9. The second kappa shape index (κ2) is 16.7. The van der Waals surface area contributed by atoms with E-state index in [2.05, 4.69) is 45.8 Å². The fourth-order valence-electron chi connectivity index (χ4n) is 5.85. The third kappa shape index (κ3) is 9.92. The van der Waals surface area contributed by atoms with Crippen molar-refractivity contribution < 1.29 is 34.4 Å². The third-order valence-corrected chi connectivity index (χ3v) is 12.0. The lowest BCUT2D eigenvalue weighted by molar-refractivity contribution is 0.510. The molecule has 0 amide bonds. The Morgan fingerprint density at radius 2 is 1.12 bits per heavy atom. The molecule has 0 spiro atoms. The van der Waals surface area contributed by atoms with Crippen LogP contribution in [0, 0.1) is 23.3 Å². The van der Waals surface area contributed by atoms with Crippen LogP contribution in [0.1, 0.15) is 88.9 Å². The molecular formula is C36H39ClF4N10O4S2. The summed E-state index contributed by atoms with van der Waals surface area (Å²) in [5, 5.41) is 16.0. The van der Waals surface area contributed by atoms with E-state index in [0.717, 1.165) is 49.4 Å². The Labute approximate surface area is 330 Å². The normalized spacial score (nSPS) is 15.5. The van der Waals surface area contributed by atoms with Crippen molar-refractivity contribution in [1.29, 1.82) is 0 Å². The molecule has 4 heterocycles. The predicted octanol–water partition coefficient (Wildman–Crippen LogP) is 6.81. The number of hydrogen-bond donors (Lipinski definition) is 2. The van der Waals surface area contributed by atoms with Crippen molar-refractivity contribution in [3.05, 3.63) is 83.4 Å². The summed E-state index contributed by atoms with van der Waals surface area (Å²) >= 11 is 0. The first kappa shape index (κ1) is 42.0. The summed E-state index contributed by atoms with van der Waals surface area (Å²) in [7, 11) is -1.91. The zero-order valence-electron chi connectivity index (χ0n) is 31.2. The lowest BCUT2D eigenvalue weighted by atomic mass is 10.2. The molecule has 3 N–H and O–H groups in total. The number of nitrogens with one attached hydrogen (secondary N) is 1. The van der Waals surface area contributed by atoms with Gasteiger partial charge in [-0.05, 0) is 58.6 Å². The van der Waals surface area contributed by atoms with Crippen molar-refractivity contribution in [3.63, 3.8) is 0 Å². The van der Waals surface area contributed by atoms with Gasteiger partial charge in [-0.25, -0.2) is 49.1 Å². The number of benzene rings is 2. The SMILES string of the molecule is CC(N)c1cc(-c2nc3cc(F)c(F)cc3n2C2CC2)cnn1.CCS(=O)(=O)Cl.CCS(=O)(=O)NC(C)c1cc(-c2nc3cc(F)c(F)cc3n2C2CC2)cnn1. The Kier molecular flexibility index (Phi) is 12.3. The van der Waals surface area contributed by atoms with Crippen LogP contribution < -0.4 is 10.5 Å². The molecule has 2 aromatic carbocycles. The van der Waals surface area contributed by atoms with Crippen molar-refractivity contribution in [2.45, 2.75) is 77.5 Å². The number of imidazole rings is 2. The van der Waals surface area contributed by atoms with E-state index in [1.165, 1.54) is 19.2 Å². The molecule has 6 aromatic rings. The van der Waals surface area contributed by atoms with Gasteiger partial charge in [0.2, 0.25) is 19.1 Å². The molecule has 0 radical (unpaired) electrons. The van der Waals surface area contributed by atoms with Crippen molar-refractivity contribution in [1.82, 2.24) is 44.2 Å². The van der Waals surface area contributed by atoms with Gasteiger partial charge in [-0.3, -0.25) is 0 Å². The van der Waals surface area contributed by atoms with Crippen LogP contribution in [0.3, 0.4) is 0 Å². The number of aromatic nitrogens is 8. The molecule has 2 fully saturated rings. The highest BCUT2D eigenvalue weighted by Gasteiger charge is 2.31. The average Bonchev–Trinajstić information content (AvgIpc) is 4.12. The van der Waals surface area contributed by atoms with Gasteiger partial charge in [-0.2, -0.15) is 20.4 Å². The Morgan fingerprint density at radius 3 is 1.51 bits per heavy atom. The first-order valence-electron chi connectivity index (χ1n) is 18.0. The lowest BCUT2D eigenvalue weighted by Gasteiger charge is -2.13. The summed E-state index contributed by atoms with van der Waals surface area (Å²) in [6.45, 7) is 6.54. The molecule has 2 aliphatic carbocycles. The van der Waals surface area contributed by atoms with E-state index in [0.29, 0.717) is 50.7 Å². The van der Waals surface area contributed by atoms with E-state index < -0.39 is 48.4 Å². The minimum absolute atomic E-state index is 0.00849. The summed E-state index contributed by atoms with van der Waals surface area (Å²) in [6.07, 6.45) is 6.95. The molecule has 304 valence electrons. The second-order valence-electron chi connectivity index (χ2n) is 13.7. The van der Waals surface area contributed by atoms with E-state index in [1.54, 1.807) is 26.1 Å². The van der Waals surface area contributed by atoms with Gasteiger partial charge in [0.25, 0.3) is 0 Å². The summed E-state index contributed by atoms with van der Waals surface area (Å²) in [5.74, 6) is -2.49. The van der Waals surface area contributed by atoms with Crippen LogP contribution in [0.15, 0.2) is 48.8 Å². The average molecular weight is 851 g/mol. The van der Waals surface area contributed by atoms with Crippen LogP contribution in [-0.4, -0.2) is 67.8 Å². The molecule has 2 unspecified atom stereocenters. The minimum atomic E-state index is -3.41. The quantitative estimate of drug-likeness (QED) is 0.109. The molecule has 0 aliphatic heterocycles. The highest BCUT2D eigenvalue weighted by Crippen LogP contribution is 2.43. The van der Waals surface area contributed by atoms with Gasteiger partial charge >= 0.3 is 0 Å². The smallest absolute Gasteiger partial charge is 0.232 e. The Morgan fingerprint density at radius 1 is 0.719 bits per heavy atom. The summed E-state index contributed by atoms with van der Waals surface area (Å²) in [4.78, 5) is 8.98. The molecule has 8 rings (SSSR count). The van der Waals surface area contributed by atoms with E-state index in [4.69, 9.17) is 5.73 Å². The van der Waals surface area contributed by atoms with Crippen LogP contribution in [0.2, 0.25) is 0 Å². The first-order valence-corrected chi connectivity index (χ1v) is 22.1. The number of rotatable bonds is 10. The van der Waals surface area contributed by atoms with Gasteiger partial charge in [0.1, 0.15) is 11.6 Å². The zero-order chi connectivity index (χ0) is 41.4. The van der Waals surface area contributed by atoms with Crippen LogP contribution in [0.25, 0.3) is 44.8 Å². The van der Waals surface area contributed by atoms with Gasteiger partial charge in [-0.15, -0.1) is 0 Å². The fraction of sp³-hybridized carbons (Fsp3) is 0.389. The maximum Gasteiger partial charge on any atom is 0.232 e. The lowest BCUT2D eigenvalue weighted by Crippen LogP contribution is -2.28. The number of fused-ring (bicyclic) bond motifs is 2. The number of halogens is 5. The molecule has 21 heteroatoms. The highest BCUT2D eigenvalue weighted by atomic mass is 35.7. The maximum atomic E-state index is 13.8. The molecule has 14 nitrogen and oxygen atoms in total. The standard InChI is InChI=1S/C18H19F2N5O2S.C16H15F2N5.C2H5ClO2S/c1-3-28(26,27)24-10(2)15-6-11(9-21-23-15)18-22-16-7-13(19)14(20)8-17(16)25(18)12-4-5-12;1-8(19)13-4-9(7-20-22-13)16-21-14-5-11(17)12(18)6-15(14)23(16)10-2-3-10;1-2-6(3,4)5/h6-10,12,24H,3-5H2,1-2H3;4-8,10H,2-3,19H2,1H3;2H2,1H3.